The van der Waals surface area contributed by atoms with E-state index in [1.54, 1.807) is 19.3 Å². The van der Waals surface area contributed by atoms with Crippen molar-refractivity contribution in [3.63, 3.8) is 0 Å². The van der Waals surface area contributed by atoms with Crippen molar-refractivity contribution in [2.75, 3.05) is 0 Å². The van der Waals surface area contributed by atoms with Crippen LogP contribution in [0.25, 0.3) is 5.57 Å². The topological polar surface area (TPSA) is 23.9 Å². The zero-order valence-electron chi connectivity index (χ0n) is 9.43. The third kappa shape index (κ3) is 4.26. The molecule has 5 heteroatoms. The third-order valence-electron chi connectivity index (χ3n) is 2.08. The summed E-state index contributed by atoms with van der Waals surface area (Å²) in [5, 5.41) is 9.43. The normalized spacial score (nSPS) is 12.6. The van der Waals surface area contributed by atoms with Gasteiger partial charge in [-0.3, -0.25) is 5.41 Å². The molecule has 0 amide bonds. The summed E-state index contributed by atoms with van der Waals surface area (Å²) in [5.41, 5.74) is 0.923. The van der Waals surface area contributed by atoms with Gasteiger partial charge in [-0.25, -0.2) is 0 Å². The van der Waals surface area contributed by atoms with Gasteiger partial charge in [-0.2, -0.15) is 13.2 Å². The molecule has 17 heavy (non-hydrogen) atoms. The molecule has 1 rings (SSSR count). The van der Waals surface area contributed by atoms with Crippen LogP contribution in [0.2, 0.25) is 0 Å². The Morgan fingerprint density at radius 3 is 2.12 bits per heavy atom. The summed E-state index contributed by atoms with van der Waals surface area (Å²) >= 11 is 1.24. The highest BCUT2D eigenvalue weighted by atomic mass is 32.2. The lowest BCUT2D eigenvalue weighted by atomic mass is 10.1. The highest BCUT2D eigenvalue weighted by Gasteiger charge is 2.29. The SMILES string of the molecule is CC(=N)S/C=C(\C)c1ccc(C(F)(F)F)cc1. The van der Waals surface area contributed by atoms with Crippen LogP contribution in [0, 0.1) is 5.41 Å². The van der Waals surface area contributed by atoms with Gasteiger partial charge in [-0.1, -0.05) is 23.9 Å². The van der Waals surface area contributed by atoms with Crippen molar-refractivity contribution in [2.45, 2.75) is 20.0 Å². The third-order valence-corrected chi connectivity index (χ3v) is 2.91. The average molecular weight is 259 g/mol. The van der Waals surface area contributed by atoms with E-state index in [4.69, 9.17) is 5.41 Å². The standard InChI is InChI=1S/C12H12F3NS/c1-8(7-17-9(2)16)10-3-5-11(6-4-10)12(13,14)15/h3-7,16H,1-2H3/b8-7+,16-9?. The molecule has 1 nitrogen and oxygen atoms in total. The Morgan fingerprint density at radius 1 is 1.18 bits per heavy atom. The number of benzene rings is 1. The molecule has 0 fully saturated rings. The smallest absolute Gasteiger partial charge is 0.298 e. The number of alkyl halides is 3. The van der Waals surface area contributed by atoms with Gasteiger partial charge in [0.25, 0.3) is 0 Å². The summed E-state index contributed by atoms with van der Waals surface area (Å²) in [4.78, 5) is 0. The molecule has 1 aromatic carbocycles. The predicted molar refractivity (Wildman–Crippen MR) is 66.1 cm³/mol. The molecule has 0 unspecified atom stereocenters. The minimum absolute atomic E-state index is 0.441. The molecule has 92 valence electrons. The largest absolute Gasteiger partial charge is 0.416 e. The summed E-state index contributed by atoms with van der Waals surface area (Å²) in [6.45, 7) is 3.46. The fraction of sp³-hybridized carbons (Fsp3) is 0.250. The number of allylic oxidation sites excluding steroid dienone is 1. The van der Waals surface area contributed by atoms with Crippen molar-refractivity contribution in [1.29, 1.82) is 5.41 Å². The lowest BCUT2D eigenvalue weighted by Crippen LogP contribution is -2.04. The van der Waals surface area contributed by atoms with E-state index >= 15 is 0 Å². The Morgan fingerprint density at radius 2 is 1.71 bits per heavy atom. The van der Waals surface area contributed by atoms with Gasteiger partial charge in [-0.15, -0.1) is 0 Å². The van der Waals surface area contributed by atoms with Gasteiger partial charge in [0, 0.05) is 0 Å². The second-order valence-corrected chi connectivity index (χ2v) is 4.63. The predicted octanol–water partition coefficient (Wildman–Crippen LogP) is 4.80. The van der Waals surface area contributed by atoms with Crippen molar-refractivity contribution >= 4 is 22.4 Å². The summed E-state index contributed by atoms with van der Waals surface area (Å²) in [6, 6.07) is 5.01. The Kier molecular flexibility index (Phi) is 4.40. The molecule has 0 bridgehead atoms. The zero-order chi connectivity index (χ0) is 13.1. The maximum absolute atomic E-state index is 12.3. The lowest BCUT2D eigenvalue weighted by Gasteiger charge is -2.07. The van der Waals surface area contributed by atoms with Gasteiger partial charge in [0.1, 0.15) is 0 Å². The molecule has 0 atom stereocenters. The van der Waals surface area contributed by atoms with Crippen molar-refractivity contribution in [3.8, 4) is 0 Å². The first kappa shape index (κ1) is 13.8. The summed E-state index contributed by atoms with van der Waals surface area (Å²) in [6.07, 6.45) is -4.30. The highest BCUT2D eigenvalue weighted by Crippen LogP contribution is 2.30. The number of thioether (sulfide) groups is 1. The van der Waals surface area contributed by atoms with Crippen molar-refractivity contribution in [1.82, 2.24) is 0 Å². The average Bonchev–Trinajstić information content (AvgIpc) is 2.25. The van der Waals surface area contributed by atoms with Gasteiger partial charge < -0.3 is 0 Å². The number of halogens is 3. The first-order valence-corrected chi connectivity index (χ1v) is 5.75. The molecule has 0 spiro atoms. The molecular formula is C12H12F3NS. The molecular weight excluding hydrogens is 247 g/mol. The van der Waals surface area contributed by atoms with E-state index in [0.717, 1.165) is 23.3 Å². The van der Waals surface area contributed by atoms with E-state index in [0.29, 0.717) is 5.04 Å². The Hall–Kier alpha value is -1.23. The van der Waals surface area contributed by atoms with Gasteiger partial charge in [-0.05, 0) is 42.5 Å². The number of rotatable bonds is 2. The van der Waals surface area contributed by atoms with Crippen LogP contribution in [0.15, 0.2) is 29.7 Å². The van der Waals surface area contributed by atoms with Crippen LogP contribution >= 0.6 is 11.8 Å². The molecule has 0 aliphatic rings. The molecule has 1 aromatic rings. The first-order valence-electron chi connectivity index (χ1n) is 4.87. The van der Waals surface area contributed by atoms with Crippen molar-refractivity contribution in [3.05, 3.63) is 40.8 Å². The molecule has 0 saturated carbocycles. The minimum atomic E-state index is -4.30. The number of hydrogen-bond donors (Lipinski definition) is 1. The van der Waals surface area contributed by atoms with Gasteiger partial charge in [0.05, 0.1) is 10.6 Å². The van der Waals surface area contributed by atoms with Crippen LogP contribution in [0.3, 0.4) is 0 Å². The van der Waals surface area contributed by atoms with Crippen LogP contribution in [0.5, 0.6) is 0 Å². The van der Waals surface area contributed by atoms with E-state index in [1.807, 2.05) is 0 Å². The molecule has 0 radical (unpaired) electrons. The minimum Gasteiger partial charge on any atom is -0.298 e. The van der Waals surface area contributed by atoms with E-state index < -0.39 is 11.7 Å². The molecule has 0 aliphatic heterocycles. The first-order chi connectivity index (χ1) is 7.80. The van der Waals surface area contributed by atoms with Crippen LogP contribution in [-0.2, 0) is 6.18 Å². The summed E-state index contributed by atoms with van der Waals surface area (Å²) in [7, 11) is 0. The molecule has 0 aromatic heterocycles. The monoisotopic (exact) mass is 259 g/mol. The second kappa shape index (κ2) is 5.40. The second-order valence-electron chi connectivity index (χ2n) is 3.55. The van der Waals surface area contributed by atoms with Crippen LogP contribution in [0.4, 0.5) is 13.2 Å². The van der Waals surface area contributed by atoms with Gasteiger partial charge in [0.15, 0.2) is 0 Å². The number of hydrogen-bond acceptors (Lipinski definition) is 2. The fourth-order valence-corrected chi connectivity index (χ4v) is 1.66. The Bertz CT molecular complexity index is 432. The van der Waals surface area contributed by atoms with Crippen LogP contribution in [0.1, 0.15) is 25.0 Å². The maximum atomic E-state index is 12.3. The van der Waals surface area contributed by atoms with Crippen molar-refractivity contribution < 1.29 is 13.2 Å². The Balaban J connectivity index is 2.88. The van der Waals surface area contributed by atoms with E-state index in [2.05, 4.69) is 0 Å². The molecule has 0 heterocycles. The van der Waals surface area contributed by atoms with Gasteiger partial charge >= 0.3 is 6.18 Å². The van der Waals surface area contributed by atoms with Crippen LogP contribution < -0.4 is 0 Å². The fourth-order valence-electron chi connectivity index (χ4n) is 1.17. The van der Waals surface area contributed by atoms with Crippen molar-refractivity contribution in [2.24, 2.45) is 0 Å². The molecule has 0 aliphatic carbocycles. The zero-order valence-corrected chi connectivity index (χ0v) is 10.2. The number of nitrogens with one attached hydrogen (secondary N) is 1. The van der Waals surface area contributed by atoms with Gasteiger partial charge in [0.2, 0.25) is 0 Å². The van der Waals surface area contributed by atoms with E-state index in [1.165, 1.54) is 23.9 Å². The molecule has 1 N–H and O–H groups in total. The summed E-state index contributed by atoms with van der Waals surface area (Å²) in [5.74, 6) is 0. The maximum Gasteiger partial charge on any atom is 0.416 e. The molecule has 0 saturated heterocycles. The Labute approximate surface area is 102 Å². The lowest BCUT2D eigenvalue weighted by molar-refractivity contribution is -0.137. The van der Waals surface area contributed by atoms with Crippen LogP contribution in [-0.4, -0.2) is 5.04 Å². The van der Waals surface area contributed by atoms with E-state index in [9.17, 15) is 13.2 Å². The van der Waals surface area contributed by atoms with E-state index in [-0.39, 0.29) is 0 Å². The summed E-state index contributed by atoms with van der Waals surface area (Å²) < 4.78 is 37.0. The highest BCUT2D eigenvalue weighted by molar-refractivity contribution is 8.16. The quantitative estimate of drug-likeness (QED) is 0.598.